The Labute approximate surface area is 113 Å². The Balaban J connectivity index is 1.90. The SMILES string of the molecule is CO[C@@H]1CCN(Cc2cccc(OCC(N)=O)c2)C1. The largest absolute Gasteiger partial charge is 0.484 e. The number of carbonyl (C=O) groups excluding carboxylic acids is 1. The number of hydrogen-bond donors (Lipinski definition) is 1. The van der Waals surface area contributed by atoms with Crippen molar-refractivity contribution in [2.75, 3.05) is 26.8 Å². The topological polar surface area (TPSA) is 64.8 Å². The highest BCUT2D eigenvalue weighted by atomic mass is 16.5. The van der Waals surface area contributed by atoms with Crippen LogP contribution in [0.3, 0.4) is 0 Å². The predicted molar refractivity (Wildman–Crippen MR) is 71.8 cm³/mol. The van der Waals surface area contributed by atoms with Gasteiger partial charge in [-0.15, -0.1) is 0 Å². The van der Waals surface area contributed by atoms with Gasteiger partial charge in [-0.2, -0.15) is 0 Å². The number of rotatable bonds is 6. The van der Waals surface area contributed by atoms with E-state index in [0.717, 1.165) is 26.1 Å². The lowest BCUT2D eigenvalue weighted by Gasteiger charge is -2.16. The molecular weight excluding hydrogens is 244 g/mol. The molecule has 1 saturated heterocycles. The molecule has 5 heteroatoms. The summed E-state index contributed by atoms with van der Waals surface area (Å²) in [4.78, 5) is 13.0. The first-order valence-electron chi connectivity index (χ1n) is 6.42. The summed E-state index contributed by atoms with van der Waals surface area (Å²) in [6.45, 7) is 2.79. The van der Waals surface area contributed by atoms with Crippen molar-refractivity contribution >= 4 is 5.91 Å². The van der Waals surface area contributed by atoms with E-state index in [1.54, 1.807) is 7.11 Å². The van der Waals surface area contributed by atoms with Crippen LogP contribution < -0.4 is 10.5 Å². The highest BCUT2D eigenvalue weighted by Gasteiger charge is 2.21. The first-order valence-corrected chi connectivity index (χ1v) is 6.42. The molecule has 0 saturated carbocycles. The van der Waals surface area contributed by atoms with Gasteiger partial charge < -0.3 is 15.2 Å². The van der Waals surface area contributed by atoms with E-state index in [4.69, 9.17) is 15.2 Å². The molecule has 1 aromatic rings. The van der Waals surface area contributed by atoms with E-state index in [2.05, 4.69) is 11.0 Å². The minimum atomic E-state index is -0.465. The van der Waals surface area contributed by atoms with E-state index in [1.165, 1.54) is 5.56 Å². The van der Waals surface area contributed by atoms with Crippen molar-refractivity contribution in [1.29, 1.82) is 0 Å². The minimum absolute atomic E-state index is 0.0844. The first kappa shape index (κ1) is 13.8. The monoisotopic (exact) mass is 264 g/mol. The van der Waals surface area contributed by atoms with Gasteiger partial charge in [0.05, 0.1) is 6.10 Å². The molecule has 5 nitrogen and oxygen atoms in total. The lowest BCUT2D eigenvalue weighted by molar-refractivity contribution is -0.119. The Morgan fingerprint density at radius 1 is 1.53 bits per heavy atom. The summed E-state index contributed by atoms with van der Waals surface area (Å²) in [5.74, 6) is 0.215. The Hall–Kier alpha value is -1.59. The highest BCUT2D eigenvalue weighted by Crippen LogP contribution is 2.18. The molecule has 0 aliphatic carbocycles. The average Bonchev–Trinajstić information content (AvgIpc) is 2.84. The number of amides is 1. The normalized spacial score (nSPS) is 19.5. The summed E-state index contributed by atoms with van der Waals surface area (Å²) in [7, 11) is 1.76. The highest BCUT2D eigenvalue weighted by molar-refractivity contribution is 5.75. The summed E-state index contributed by atoms with van der Waals surface area (Å²) in [5.41, 5.74) is 6.22. The molecule has 1 heterocycles. The Bertz CT molecular complexity index is 436. The fraction of sp³-hybridized carbons (Fsp3) is 0.500. The lowest BCUT2D eigenvalue weighted by Crippen LogP contribution is -2.22. The smallest absolute Gasteiger partial charge is 0.255 e. The Morgan fingerprint density at radius 2 is 2.37 bits per heavy atom. The van der Waals surface area contributed by atoms with Crippen LogP contribution in [0.15, 0.2) is 24.3 Å². The predicted octanol–water partition coefficient (Wildman–Crippen LogP) is 0.771. The molecule has 1 aliphatic rings. The number of methoxy groups -OCH3 is 1. The van der Waals surface area contributed by atoms with Gasteiger partial charge in [0.15, 0.2) is 6.61 Å². The Morgan fingerprint density at radius 3 is 3.05 bits per heavy atom. The number of benzene rings is 1. The van der Waals surface area contributed by atoms with Gasteiger partial charge in [-0.05, 0) is 24.1 Å². The molecular formula is C14H20N2O3. The van der Waals surface area contributed by atoms with Crippen molar-refractivity contribution < 1.29 is 14.3 Å². The summed E-state index contributed by atoms with van der Waals surface area (Å²) < 4.78 is 10.6. The lowest BCUT2D eigenvalue weighted by atomic mass is 10.2. The molecule has 0 bridgehead atoms. The zero-order valence-electron chi connectivity index (χ0n) is 11.2. The van der Waals surface area contributed by atoms with Crippen LogP contribution in [0.4, 0.5) is 0 Å². The van der Waals surface area contributed by atoms with Gasteiger partial charge >= 0.3 is 0 Å². The van der Waals surface area contributed by atoms with Gasteiger partial charge in [-0.25, -0.2) is 0 Å². The van der Waals surface area contributed by atoms with Crippen LogP contribution in [0, 0.1) is 0 Å². The van der Waals surface area contributed by atoms with Crippen LogP contribution in [-0.4, -0.2) is 43.7 Å². The van der Waals surface area contributed by atoms with Gasteiger partial charge in [-0.1, -0.05) is 12.1 Å². The third kappa shape index (κ3) is 4.22. The fourth-order valence-corrected chi connectivity index (χ4v) is 2.28. The zero-order chi connectivity index (χ0) is 13.7. The van der Waals surface area contributed by atoms with E-state index < -0.39 is 5.91 Å². The third-order valence-corrected chi connectivity index (χ3v) is 3.25. The van der Waals surface area contributed by atoms with Crippen LogP contribution in [0.2, 0.25) is 0 Å². The second-order valence-electron chi connectivity index (χ2n) is 4.78. The molecule has 2 N–H and O–H groups in total. The molecule has 1 atom stereocenters. The molecule has 104 valence electrons. The van der Waals surface area contributed by atoms with Crippen molar-refractivity contribution in [3.05, 3.63) is 29.8 Å². The maximum absolute atomic E-state index is 10.7. The number of hydrogen-bond acceptors (Lipinski definition) is 4. The first-order chi connectivity index (χ1) is 9.17. The van der Waals surface area contributed by atoms with Crippen molar-refractivity contribution in [1.82, 2.24) is 4.90 Å². The third-order valence-electron chi connectivity index (χ3n) is 3.25. The van der Waals surface area contributed by atoms with Crippen molar-refractivity contribution in [2.45, 2.75) is 19.1 Å². The number of carbonyl (C=O) groups is 1. The molecule has 0 aromatic heterocycles. The molecule has 0 radical (unpaired) electrons. The van der Waals surface area contributed by atoms with Gasteiger partial charge in [0.1, 0.15) is 5.75 Å². The van der Waals surface area contributed by atoms with Crippen LogP contribution in [0.1, 0.15) is 12.0 Å². The minimum Gasteiger partial charge on any atom is -0.484 e. The maximum Gasteiger partial charge on any atom is 0.255 e. The van der Waals surface area contributed by atoms with Crippen molar-refractivity contribution in [2.24, 2.45) is 5.73 Å². The summed E-state index contributed by atoms with van der Waals surface area (Å²) in [6, 6.07) is 7.75. The fourth-order valence-electron chi connectivity index (χ4n) is 2.28. The molecule has 1 fully saturated rings. The van der Waals surface area contributed by atoms with Crippen molar-refractivity contribution in [3.63, 3.8) is 0 Å². The van der Waals surface area contributed by atoms with Crippen LogP contribution >= 0.6 is 0 Å². The Kier molecular flexibility index (Phi) is 4.76. The summed E-state index contributed by atoms with van der Waals surface area (Å²) in [6.07, 6.45) is 1.42. The molecule has 0 unspecified atom stereocenters. The second-order valence-corrected chi connectivity index (χ2v) is 4.78. The maximum atomic E-state index is 10.7. The number of nitrogens with two attached hydrogens (primary N) is 1. The number of ether oxygens (including phenoxy) is 2. The molecule has 1 aromatic carbocycles. The zero-order valence-corrected chi connectivity index (χ0v) is 11.2. The van der Waals surface area contributed by atoms with Gasteiger partial charge in [0.2, 0.25) is 0 Å². The molecule has 1 amide bonds. The number of nitrogens with zero attached hydrogens (tertiary/aromatic N) is 1. The molecule has 0 spiro atoms. The number of primary amides is 1. The standard InChI is InChI=1S/C14H20N2O3/c1-18-13-5-6-16(9-13)8-11-3-2-4-12(7-11)19-10-14(15)17/h2-4,7,13H,5-6,8-10H2,1H3,(H2,15,17)/t13-/m1/s1. The van der Waals surface area contributed by atoms with Crippen LogP contribution in [-0.2, 0) is 16.1 Å². The van der Waals surface area contributed by atoms with Crippen LogP contribution in [0.5, 0.6) is 5.75 Å². The average molecular weight is 264 g/mol. The molecule has 2 rings (SSSR count). The van der Waals surface area contributed by atoms with E-state index in [9.17, 15) is 4.79 Å². The molecule has 1 aliphatic heterocycles. The van der Waals surface area contributed by atoms with E-state index in [-0.39, 0.29) is 6.61 Å². The number of likely N-dealkylation sites (tertiary alicyclic amines) is 1. The van der Waals surface area contributed by atoms with Gasteiger partial charge in [0, 0.05) is 26.7 Å². The summed E-state index contributed by atoms with van der Waals surface area (Å²) in [5, 5.41) is 0. The quantitative estimate of drug-likeness (QED) is 0.824. The van der Waals surface area contributed by atoms with E-state index >= 15 is 0 Å². The second kappa shape index (κ2) is 6.54. The van der Waals surface area contributed by atoms with E-state index in [0.29, 0.717) is 11.9 Å². The molecule has 19 heavy (non-hydrogen) atoms. The van der Waals surface area contributed by atoms with Crippen LogP contribution in [0.25, 0.3) is 0 Å². The summed E-state index contributed by atoms with van der Waals surface area (Å²) >= 11 is 0. The van der Waals surface area contributed by atoms with Gasteiger partial charge in [0.25, 0.3) is 5.91 Å². The van der Waals surface area contributed by atoms with E-state index in [1.807, 2.05) is 18.2 Å². The van der Waals surface area contributed by atoms with Crippen molar-refractivity contribution in [3.8, 4) is 5.75 Å². The van der Waals surface area contributed by atoms with Gasteiger partial charge in [-0.3, -0.25) is 9.69 Å².